The van der Waals surface area contributed by atoms with Gasteiger partial charge in [0.2, 0.25) is 0 Å². The summed E-state index contributed by atoms with van der Waals surface area (Å²) in [7, 11) is 0. The molecule has 0 bridgehead atoms. The van der Waals surface area contributed by atoms with Gasteiger partial charge >= 0.3 is 80.5 Å². The van der Waals surface area contributed by atoms with Crippen LogP contribution in [0.2, 0.25) is 0 Å². The maximum absolute atomic E-state index is 10.7. The molecule has 2 nitrogen and oxygen atoms in total. The van der Waals surface area contributed by atoms with E-state index >= 15 is 0 Å². The average molecular weight is 224 g/mol. The van der Waals surface area contributed by atoms with Gasteiger partial charge in [-0.1, -0.05) is 0 Å². The molecule has 0 heterocycles. The topological polar surface area (TPSA) is 29.1 Å². The van der Waals surface area contributed by atoms with Gasteiger partial charge in [0.05, 0.1) is 0 Å². The van der Waals surface area contributed by atoms with E-state index in [1.54, 1.807) is 0 Å². The molecular formula is C9H11AsNO. The third-order valence-electron chi connectivity index (χ3n) is 1.48. The van der Waals surface area contributed by atoms with Crippen LogP contribution in [0, 0.1) is 0 Å². The first-order valence-corrected chi connectivity index (χ1v) is 4.94. The number of rotatable bonds is 2. The minimum absolute atomic E-state index is 0.00588. The van der Waals surface area contributed by atoms with Crippen molar-refractivity contribution in [3.63, 3.8) is 0 Å². The average Bonchev–Trinajstić information content (AvgIpc) is 2.05. The molecule has 1 aromatic carbocycles. The monoisotopic (exact) mass is 224 g/mol. The van der Waals surface area contributed by atoms with E-state index in [0.29, 0.717) is 0 Å². The minimum atomic E-state index is 0.00588. The molecule has 0 aliphatic rings. The zero-order chi connectivity index (χ0) is 8.97. The predicted molar refractivity (Wildman–Crippen MR) is 50.1 cm³/mol. The standard InChI is InChI=1S/C9H11AsNO/c1-7(12)11-9(10)8-5-3-2-4-6-8/h2-6,9-10H,1H3,(H,11,12). The van der Waals surface area contributed by atoms with E-state index in [1.807, 2.05) is 47.2 Å². The summed E-state index contributed by atoms with van der Waals surface area (Å²) in [6.07, 6.45) is 0. The Labute approximate surface area is 80.9 Å². The van der Waals surface area contributed by atoms with E-state index in [-0.39, 0.29) is 10.7 Å². The second-order valence-corrected chi connectivity index (χ2v) is 3.76. The molecule has 12 heavy (non-hydrogen) atoms. The van der Waals surface area contributed by atoms with Crippen molar-refractivity contribution < 1.29 is 4.79 Å². The van der Waals surface area contributed by atoms with Gasteiger partial charge < -0.3 is 0 Å². The first-order valence-electron chi connectivity index (χ1n) is 3.73. The van der Waals surface area contributed by atoms with Crippen LogP contribution in [0.1, 0.15) is 17.3 Å². The SMILES string of the molecule is CC(=O)NC([AsH])c1ccccc1. The molecule has 1 atom stereocenters. The Bertz CT molecular complexity index is 260. The number of amides is 1. The van der Waals surface area contributed by atoms with Crippen molar-refractivity contribution in [1.82, 2.24) is 5.32 Å². The van der Waals surface area contributed by atoms with E-state index in [2.05, 4.69) is 5.32 Å². The molecule has 1 aromatic rings. The zero-order valence-electron chi connectivity index (χ0n) is 6.87. The van der Waals surface area contributed by atoms with Gasteiger partial charge in [0.1, 0.15) is 0 Å². The molecule has 1 N–H and O–H groups in total. The summed E-state index contributed by atoms with van der Waals surface area (Å²) in [6.45, 7) is 1.53. The summed E-state index contributed by atoms with van der Waals surface area (Å²) >= 11 is 1.97. The van der Waals surface area contributed by atoms with Gasteiger partial charge in [-0.2, -0.15) is 0 Å². The number of hydrogen-bond donors (Lipinski definition) is 1. The van der Waals surface area contributed by atoms with Crippen LogP contribution in [0.25, 0.3) is 0 Å². The van der Waals surface area contributed by atoms with Gasteiger partial charge in [0, 0.05) is 0 Å². The molecule has 0 spiro atoms. The summed E-state index contributed by atoms with van der Waals surface area (Å²) in [6, 6.07) is 9.90. The van der Waals surface area contributed by atoms with Gasteiger partial charge in [-0.05, 0) is 0 Å². The van der Waals surface area contributed by atoms with Crippen molar-refractivity contribution in [3.05, 3.63) is 35.9 Å². The summed E-state index contributed by atoms with van der Waals surface area (Å²) < 4.78 is 0. The predicted octanol–water partition coefficient (Wildman–Crippen LogP) is 0.722. The van der Waals surface area contributed by atoms with Crippen molar-refractivity contribution in [3.8, 4) is 0 Å². The summed E-state index contributed by atoms with van der Waals surface area (Å²) in [5, 5.41) is 2.82. The second-order valence-electron chi connectivity index (χ2n) is 2.54. The van der Waals surface area contributed by atoms with Crippen LogP contribution >= 0.6 is 0 Å². The molecule has 63 valence electrons. The third-order valence-corrected chi connectivity index (χ3v) is 2.48. The van der Waals surface area contributed by atoms with Gasteiger partial charge in [-0.3, -0.25) is 0 Å². The van der Waals surface area contributed by atoms with E-state index in [4.69, 9.17) is 0 Å². The van der Waals surface area contributed by atoms with Crippen LogP contribution in [-0.4, -0.2) is 22.8 Å². The fraction of sp³-hybridized carbons (Fsp3) is 0.222. The molecule has 0 saturated heterocycles. The molecule has 0 aliphatic carbocycles. The Morgan fingerprint density at radius 3 is 2.50 bits per heavy atom. The number of benzene rings is 1. The Morgan fingerprint density at radius 2 is 2.00 bits per heavy atom. The molecule has 1 unspecified atom stereocenters. The van der Waals surface area contributed by atoms with Crippen molar-refractivity contribution >= 4 is 22.8 Å². The van der Waals surface area contributed by atoms with E-state index < -0.39 is 0 Å². The van der Waals surface area contributed by atoms with Crippen molar-refractivity contribution in [2.45, 2.75) is 11.8 Å². The molecule has 0 aromatic heterocycles. The summed E-state index contributed by atoms with van der Waals surface area (Å²) in [4.78, 5) is 10.8. The Morgan fingerprint density at radius 1 is 1.42 bits per heavy atom. The summed E-state index contributed by atoms with van der Waals surface area (Å²) in [5.74, 6) is 0.00588. The molecule has 3 heteroatoms. The third kappa shape index (κ3) is 2.71. The van der Waals surface area contributed by atoms with Crippen LogP contribution in [0.3, 0.4) is 0 Å². The Kier molecular flexibility index (Phi) is 3.36. The molecular weight excluding hydrogens is 213 g/mol. The van der Waals surface area contributed by atoms with Gasteiger partial charge in [0.15, 0.2) is 0 Å². The van der Waals surface area contributed by atoms with Crippen molar-refractivity contribution in [2.75, 3.05) is 0 Å². The molecule has 0 saturated carbocycles. The number of hydrogen-bond acceptors (Lipinski definition) is 1. The zero-order valence-corrected chi connectivity index (χ0v) is 8.97. The van der Waals surface area contributed by atoms with Crippen LogP contribution in [-0.2, 0) is 4.79 Å². The van der Waals surface area contributed by atoms with Crippen molar-refractivity contribution in [1.29, 1.82) is 0 Å². The van der Waals surface area contributed by atoms with E-state index in [0.717, 1.165) is 5.56 Å². The van der Waals surface area contributed by atoms with Gasteiger partial charge in [-0.25, -0.2) is 0 Å². The quantitative estimate of drug-likeness (QED) is 0.737. The molecule has 0 fully saturated rings. The van der Waals surface area contributed by atoms with E-state index in [1.165, 1.54) is 6.92 Å². The van der Waals surface area contributed by atoms with Gasteiger partial charge in [-0.15, -0.1) is 0 Å². The second kappa shape index (κ2) is 4.32. The number of carbonyl (C=O) groups excluding carboxylic acids is 1. The fourth-order valence-corrected chi connectivity index (χ4v) is 1.76. The number of carbonyl (C=O) groups is 1. The van der Waals surface area contributed by atoms with Crippen LogP contribution in [0.15, 0.2) is 30.3 Å². The molecule has 1 radical (unpaired) electrons. The first kappa shape index (κ1) is 9.34. The van der Waals surface area contributed by atoms with Crippen LogP contribution < -0.4 is 5.32 Å². The molecule has 0 aliphatic heterocycles. The van der Waals surface area contributed by atoms with Crippen LogP contribution in [0.5, 0.6) is 0 Å². The molecule has 1 amide bonds. The van der Waals surface area contributed by atoms with Gasteiger partial charge in [0.25, 0.3) is 0 Å². The Balaban J connectivity index is 2.65. The maximum atomic E-state index is 10.7. The van der Waals surface area contributed by atoms with E-state index in [9.17, 15) is 4.79 Å². The Hall–Kier alpha value is -0.752. The first-order chi connectivity index (χ1) is 5.70. The summed E-state index contributed by atoms with van der Waals surface area (Å²) in [5.41, 5.74) is 1.13. The number of nitrogens with one attached hydrogen (secondary N) is 1. The molecule has 1 rings (SSSR count). The fourth-order valence-electron chi connectivity index (χ4n) is 0.932. The van der Waals surface area contributed by atoms with Crippen LogP contribution in [0.4, 0.5) is 0 Å². The normalized spacial score (nSPS) is 12.2. The van der Waals surface area contributed by atoms with Crippen molar-refractivity contribution in [2.24, 2.45) is 0 Å².